The molecule has 1 amide bonds. The molecule has 2 N–H and O–H groups in total. The highest BCUT2D eigenvalue weighted by molar-refractivity contribution is 7.14. The fourth-order valence-corrected chi connectivity index (χ4v) is 3.26. The zero-order valence-corrected chi connectivity index (χ0v) is 13.3. The molecule has 3 aromatic rings. The molecule has 0 fully saturated rings. The Labute approximate surface area is 136 Å². The van der Waals surface area contributed by atoms with Crippen LogP contribution in [0.25, 0.3) is 0 Å². The van der Waals surface area contributed by atoms with Crippen LogP contribution < -0.4 is 10.6 Å². The van der Waals surface area contributed by atoms with Gasteiger partial charge in [-0.2, -0.15) is 0 Å². The number of hydrogen-bond acceptors (Lipinski definition) is 6. The number of pyridine rings is 1. The number of aromatic nitrogens is 2. The number of hydrogen-bond donors (Lipinski definition) is 2. The highest BCUT2D eigenvalue weighted by Gasteiger charge is 2.10. The first-order valence-electron chi connectivity index (χ1n) is 6.74. The maximum Gasteiger partial charge on any atom is 0.270 e. The van der Waals surface area contributed by atoms with Gasteiger partial charge in [-0.15, -0.1) is 22.7 Å². The van der Waals surface area contributed by atoms with Crippen molar-refractivity contribution < 1.29 is 4.79 Å². The molecule has 0 unspecified atom stereocenters. The summed E-state index contributed by atoms with van der Waals surface area (Å²) in [4.78, 5) is 21.6. The predicted molar refractivity (Wildman–Crippen MR) is 90.0 cm³/mol. The number of nitrogens with zero attached hydrogens (tertiary/aromatic N) is 2. The van der Waals surface area contributed by atoms with Crippen LogP contribution in [0.3, 0.4) is 0 Å². The van der Waals surface area contributed by atoms with Gasteiger partial charge in [0.15, 0.2) is 5.13 Å². The van der Waals surface area contributed by atoms with E-state index in [2.05, 4.69) is 26.7 Å². The van der Waals surface area contributed by atoms with Crippen molar-refractivity contribution >= 4 is 39.4 Å². The van der Waals surface area contributed by atoms with E-state index in [1.54, 1.807) is 29.1 Å². The third-order valence-electron chi connectivity index (χ3n) is 2.89. The first-order chi connectivity index (χ1) is 10.8. The van der Waals surface area contributed by atoms with E-state index in [1.807, 2.05) is 23.6 Å². The summed E-state index contributed by atoms with van der Waals surface area (Å²) >= 11 is 3.09. The Hall–Kier alpha value is -2.25. The Morgan fingerprint density at radius 2 is 2.18 bits per heavy atom. The van der Waals surface area contributed by atoms with Crippen LogP contribution in [0.4, 0.5) is 10.8 Å². The largest absolute Gasteiger partial charge is 0.350 e. The molecule has 0 saturated heterocycles. The topological polar surface area (TPSA) is 66.9 Å². The van der Waals surface area contributed by atoms with Crippen LogP contribution >= 0.6 is 22.7 Å². The van der Waals surface area contributed by atoms with Crippen molar-refractivity contribution in [2.24, 2.45) is 0 Å². The van der Waals surface area contributed by atoms with E-state index >= 15 is 0 Å². The fourth-order valence-electron chi connectivity index (χ4n) is 1.84. The van der Waals surface area contributed by atoms with Crippen LogP contribution in [-0.2, 0) is 6.42 Å². The van der Waals surface area contributed by atoms with E-state index < -0.39 is 0 Å². The van der Waals surface area contributed by atoms with Crippen molar-refractivity contribution in [3.63, 3.8) is 0 Å². The summed E-state index contributed by atoms with van der Waals surface area (Å²) in [6.45, 7) is 0.613. The minimum atomic E-state index is -0.146. The Bertz CT molecular complexity index is 725. The van der Waals surface area contributed by atoms with Gasteiger partial charge in [0.2, 0.25) is 0 Å². The standard InChI is InChI=1S/C15H14N4OS2/c20-14(17-7-5-12-4-2-8-21-12)13-10-22-15(19-13)18-11-3-1-6-16-9-11/h1-4,6,8-10H,5,7H2,(H,17,20)(H,18,19). The lowest BCUT2D eigenvalue weighted by atomic mass is 10.3. The summed E-state index contributed by atoms with van der Waals surface area (Å²) in [5.41, 5.74) is 1.28. The van der Waals surface area contributed by atoms with Gasteiger partial charge in [0, 0.05) is 23.0 Å². The second kappa shape index (κ2) is 7.15. The number of nitrogens with one attached hydrogen (secondary N) is 2. The van der Waals surface area contributed by atoms with Crippen molar-refractivity contribution in [1.29, 1.82) is 0 Å². The zero-order chi connectivity index (χ0) is 15.2. The highest BCUT2D eigenvalue weighted by Crippen LogP contribution is 2.20. The summed E-state index contributed by atoms with van der Waals surface area (Å²) in [7, 11) is 0. The summed E-state index contributed by atoms with van der Waals surface area (Å²) in [5, 5.41) is 10.5. The molecule has 7 heteroatoms. The Morgan fingerprint density at radius 3 is 2.95 bits per heavy atom. The first-order valence-corrected chi connectivity index (χ1v) is 8.50. The molecule has 22 heavy (non-hydrogen) atoms. The molecule has 0 aliphatic rings. The van der Waals surface area contributed by atoms with Gasteiger partial charge in [0.25, 0.3) is 5.91 Å². The van der Waals surface area contributed by atoms with Crippen LogP contribution in [0.2, 0.25) is 0 Å². The third kappa shape index (κ3) is 3.90. The van der Waals surface area contributed by atoms with Gasteiger partial charge in [-0.1, -0.05) is 6.07 Å². The molecular formula is C15H14N4OS2. The monoisotopic (exact) mass is 330 g/mol. The molecule has 112 valence electrons. The lowest BCUT2D eigenvalue weighted by molar-refractivity contribution is 0.0950. The van der Waals surface area contributed by atoms with E-state index in [0.717, 1.165) is 12.1 Å². The number of amides is 1. The molecule has 0 bridgehead atoms. The first kappa shape index (κ1) is 14.7. The lowest BCUT2D eigenvalue weighted by Gasteiger charge is -2.02. The number of anilines is 2. The molecule has 3 rings (SSSR count). The molecule has 0 spiro atoms. The van der Waals surface area contributed by atoms with Gasteiger partial charge in [-0.3, -0.25) is 9.78 Å². The molecular weight excluding hydrogens is 316 g/mol. The number of thiazole rings is 1. The van der Waals surface area contributed by atoms with Crippen LogP contribution in [0.15, 0.2) is 47.4 Å². The summed E-state index contributed by atoms with van der Waals surface area (Å²) < 4.78 is 0. The molecule has 0 atom stereocenters. The molecule has 0 radical (unpaired) electrons. The summed E-state index contributed by atoms with van der Waals surface area (Å²) in [5.74, 6) is -0.146. The zero-order valence-electron chi connectivity index (χ0n) is 11.7. The van der Waals surface area contributed by atoms with Gasteiger partial charge in [-0.25, -0.2) is 4.98 Å². The van der Waals surface area contributed by atoms with Gasteiger partial charge in [0.1, 0.15) is 5.69 Å². The van der Waals surface area contributed by atoms with Gasteiger partial charge in [0.05, 0.1) is 11.9 Å². The summed E-state index contributed by atoms with van der Waals surface area (Å²) in [6.07, 6.45) is 4.26. The quantitative estimate of drug-likeness (QED) is 0.727. The second-order valence-electron chi connectivity index (χ2n) is 4.49. The molecule has 0 aliphatic heterocycles. The molecule has 0 aromatic carbocycles. The van der Waals surface area contributed by atoms with Crippen molar-refractivity contribution in [2.45, 2.75) is 6.42 Å². The molecule has 3 aromatic heterocycles. The SMILES string of the molecule is O=C(NCCc1cccs1)c1csc(Nc2cccnc2)n1. The Morgan fingerprint density at radius 1 is 1.23 bits per heavy atom. The van der Waals surface area contributed by atoms with Crippen LogP contribution in [-0.4, -0.2) is 22.4 Å². The van der Waals surface area contributed by atoms with Crippen molar-refractivity contribution in [2.75, 3.05) is 11.9 Å². The summed E-state index contributed by atoms with van der Waals surface area (Å²) in [6, 6.07) is 7.82. The highest BCUT2D eigenvalue weighted by atomic mass is 32.1. The minimum absolute atomic E-state index is 0.146. The lowest BCUT2D eigenvalue weighted by Crippen LogP contribution is -2.25. The van der Waals surface area contributed by atoms with E-state index in [4.69, 9.17) is 0 Å². The Balaban J connectivity index is 1.53. The smallest absolute Gasteiger partial charge is 0.270 e. The number of thiophene rings is 1. The number of carbonyl (C=O) groups is 1. The van der Waals surface area contributed by atoms with Gasteiger partial charge < -0.3 is 10.6 Å². The van der Waals surface area contributed by atoms with Crippen molar-refractivity contribution in [3.05, 3.63) is 58.0 Å². The molecule has 0 saturated carbocycles. The average Bonchev–Trinajstić information content (AvgIpc) is 3.20. The minimum Gasteiger partial charge on any atom is -0.350 e. The third-order valence-corrected chi connectivity index (χ3v) is 4.58. The van der Waals surface area contributed by atoms with Crippen LogP contribution in [0.1, 0.15) is 15.4 Å². The Kier molecular flexibility index (Phi) is 4.77. The van der Waals surface area contributed by atoms with Crippen molar-refractivity contribution in [1.82, 2.24) is 15.3 Å². The molecule has 3 heterocycles. The molecule has 0 aliphatic carbocycles. The average molecular weight is 330 g/mol. The van der Waals surface area contributed by atoms with Gasteiger partial charge in [-0.05, 0) is 30.0 Å². The molecule has 5 nitrogen and oxygen atoms in total. The van der Waals surface area contributed by atoms with E-state index in [0.29, 0.717) is 17.4 Å². The van der Waals surface area contributed by atoms with Crippen molar-refractivity contribution in [3.8, 4) is 0 Å². The predicted octanol–water partition coefficient (Wildman–Crippen LogP) is 3.32. The van der Waals surface area contributed by atoms with Crippen LogP contribution in [0, 0.1) is 0 Å². The maximum atomic E-state index is 12.0. The maximum absolute atomic E-state index is 12.0. The van der Waals surface area contributed by atoms with Gasteiger partial charge >= 0.3 is 0 Å². The van der Waals surface area contributed by atoms with E-state index in [-0.39, 0.29) is 5.91 Å². The fraction of sp³-hybridized carbons (Fsp3) is 0.133. The number of carbonyl (C=O) groups excluding carboxylic acids is 1. The second-order valence-corrected chi connectivity index (χ2v) is 6.38. The number of rotatable bonds is 6. The normalized spacial score (nSPS) is 10.4. The van der Waals surface area contributed by atoms with Crippen LogP contribution in [0.5, 0.6) is 0 Å². The van der Waals surface area contributed by atoms with E-state index in [9.17, 15) is 4.79 Å². The van der Waals surface area contributed by atoms with E-state index in [1.165, 1.54) is 16.2 Å².